The van der Waals surface area contributed by atoms with Gasteiger partial charge in [-0.25, -0.2) is 0 Å². The van der Waals surface area contributed by atoms with Crippen molar-refractivity contribution < 1.29 is 0 Å². The molecule has 0 bridgehead atoms. The summed E-state index contributed by atoms with van der Waals surface area (Å²) in [5.74, 6) is 0. The van der Waals surface area contributed by atoms with Crippen LogP contribution >= 0.6 is 0 Å². The van der Waals surface area contributed by atoms with Gasteiger partial charge in [-0.15, -0.1) is 0 Å². The Balaban J connectivity index is 4.16. The molecule has 42 heavy (non-hydrogen) atoms. The molecule has 0 aromatic heterocycles. The molecule has 0 nitrogen and oxygen atoms in total. The van der Waals surface area contributed by atoms with Crippen molar-refractivity contribution in [3.63, 3.8) is 0 Å². The Kier molecular flexibility index (Phi) is 37.5. The zero-order valence-corrected chi connectivity index (χ0v) is 29.7. The van der Waals surface area contributed by atoms with Crippen LogP contribution in [0.5, 0.6) is 0 Å². The van der Waals surface area contributed by atoms with Crippen molar-refractivity contribution in [2.75, 3.05) is 0 Å². The second kappa shape index (κ2) is 38.2. The van der Waals surface area contributed by atoms with Gasteiger partial charge in [0.25, 0.3) is 0 Å². The minimum atomic E-state index is 1.25. The number of hydrogen-bond acceptors (Lipinski definition) is 0. The Morgan fingerprint density at radius 3 is 0.810 bits per heavy atom. The summed E-state index contributed by atoms with van der Waals surface area (Å²) in [6, 6.07) is 0. The van der Waals surface area contributed by atoms with E-state index >= 15 is 0 Å². The smallest absolute Gasteiger partial charge is 0.0303 e. The SMILES string of the molecule is CCCCCCCCCCCC=CC(C=CCCCCCCCCCCCC)=CCCCCCCCCCCCCC. The molecule has 0 rings (SSSR count). The normalized spacial score (nSPS) is 12.4. The largest absolute Gasteiger partial charge is 0.0840 e. The number of rotatable bonds is 35. The van der Waals surface area contributed by atoms with Crippen molar-refractivity contribution in [1.29, 1.82) is 0 Å². The number of hydrogen-bond donors (Lipinski definition) is 0. The molecular formula is C42H80. The maximum Gasteiger partial charge on any atom is -0.0303 e. The topological polar surface area (TPSA) is 0 Å². The Bertz CT molecular complexity index is 565. The monoisotopic (exact) mass is 585 g/mol. The molecular weight excluding hydrogens is 504 g/mol. The van der Waals surface area contributed by atoms with Crippen LogP contribution in [-0.4, -0.2) is 0 Å². The molecule has 0 aliphatic carbocycles. The standard InChI is InChI=1S/C42H80/c1-4-7-10-13-16-19-22-25-28-31-34-37-40-42(39-36-33-30-27-24-21-18-15-12-9-6-3)41-38-35-32-29-26-23-20-17-14-11-8-5-2/h36-37,39-41H,4-35,38H2,1-3H3. The van der Waals surface area contributed by atoms with Gasteiger partial charge in [0.05, 0.1) is 0 Å². The van der Waals surface area contributed by atoms with Crippen LogP contribution in [0.1, 0.15) is 233 Å². The molecule has 0 aliphatic rings. The van der Waals surface area contributed by atoms with Gasteiger partial charge in [0.2, 0.25) is 0 Å². The Hall–Kier alpha value is -0.780. The highest BCUT2D eigenvalue weighted by Crippen LogP contribution is 2.15. The summed E-state index contributed by atoms with van der Waals surface area (Å²) in [6.07, 6.45) is 58.8. The van der Waals surface area contributed by atoms with E-state index < -0.39 is 0 Å². The molecule has 0 saturated heterocycles. The van der Waals surface area contributed by atoms with Gasteiger partial charge < -0.3 is 0 Å². The van der Waals surface area contributed by atoms with Gasteiger partial charge in [-0.2, -0.15) is 0 Å². The lowest BCUT2D eigenvalue weighted by Crippen LogP contribution is -1.83. The molecule has 0 aliphatic heterocycles. The number of unbranched alkanes of at least 4 members (excludes halogenated alkanes) is 30. The van der Waals surface area contributed by atoms with E-state index in [9.17, 15) is 0 Å². The summed E-state index contributed by atoms with van der Waals surface area (Å²) in [4.78, 5) is 0. The van der Waals surface area contributed by atoms with E-state index in [1.807, 2.05) is 0 Å². The van der Waals surface area contributed by atoms with E-state index in [4.69, 9.17) is 0 Å². The predicted octanol–water partition coefficient (Wildman–Crippen LogP) is 16.0. The quantitative estimate of drug-likeness (QED) is 0.0513. The van der Waals surface area contributed by atoms with Crippen molar-refractivity contribution in [2.45, 2.75) is 233 Å². The molecule has 0 amide bonds. The van der Waals surface area contributed by atoms with Crippen LogP contribution in [0, 0.1) is 0 Å². The summed E-state index contributed by atoms with van der Waals surface area (Å²) < 4.78 is 0. The van der Waals surface area contributed by atoms with E-state index in [2.05, 4.69) is 51.2 Å². The zero-order valence-electron chi connectivity index (χ0n) is 29.7. The lowest BCUT2D eigenvalue weighted by Gasteiger charge is -2.03. The Morgan fingerprint density at radius 2 is 0.524 bits per heavy atom. The lowest BCUT2D eigenvalue weighted by atomic mass is 10.0. The van der Waals surface area contributed by atoms with Gasteiger partial charge in [-0.3, -0.25) is 0 Å². The van der Waals surface area contributed by atoms with Crippen molar-refractivity contribution >= 4 is 0 Å². The average Bonchev–Trinajstić information content (AvgIpc) is 3.00. The fourth-order valence-electron chi connectivity index (χ4n) is 6.03. The van der Waals surface area contributed by atoms with Crippen LogP contribution in [0.4, 0.5) is 0 Å². The first kappa shape index (κ1) is 41.2. The molecule has 0 aromatic carbocycles. The summed E-state index contributed by atoms with van der Waals surface area (Å²) >= 11 is 0. The maximum atomic E-state index is 2.52. The number of allylic oxidation sites excluding steroid dienone is 6. The van der Waals surface area contributed by atoms with Gasteiger partial charge in [0, 0.05) is 0 Å². The fourth-order valence-corrected chi connectivity index (χ4v) is 6.03. The van der Waals surface area contributed by atoms with E-state index in [-0.39, 0.29) is 0 Å². The summed E-state index contributed by atoms with van der Waals surface area (Å²) in [5, 5.41) is 0. The van der Waals surface area contributed by atoms with E-state index in [1.165, 1.54) is 217 Å². The molecule has 0 fully saturated rings. The molecule has 0 saturated carbocycles. The molecule has 0 heterocycles. The van der Waals surface area contributed by atoms with Gasteiger partial charge in [-0.05, 0) is 44.1 Å². The van der Waals surface area contributed by atoms with Crippen LogP contribution in [0.2, 0.25) is 0 Å². The van der Waals surface area contributed by atoms with Gasteiger partial charge in [0.15, 0.2) is 0 Å². The second-order valence-electron chi connectivity index (χ2n) is 13.4. The van der Waals surface area contributed by atoms with Crippen molar-refractivity contribution in [2.24, 2.45) is 0 Å². The Labute approximate surface area is 268 Å². The first-order valence-corrected chi connectivity index (χ1v) is 19.9. The van der Waals surface area contributed by atoms with Gasteiger partial charge in [-0.1, -0.05) is 225 Å². The van der Waals surface area contributed by atoms with E-state index in [1.54, 1.807) is 0 Å². The van der Waals surface area contributed by atoms with E-state index in [0.29, 0.717) is 0 Å². The second-order valence-corrected chi connectivity index (χ2v) is 13.4. The lowest BCUT2D eigenvalue weighted by molar-refractivity contribution is 0.550. The maximum absolute atomic E-state index is 2.52. The van der Waals surface area contributed by atoms with Gasteiger partial charge in [0.1, 0.15) is 0 Å². The molecule has 248 valence electrons. The predicted molar refractivity (Wildman–Crippen MR) is 196 cm³/mol. The van der Waals surface area contributed by atoms with Crippen molar-refractivity contribution in [3.05, 3.63) is 36.0 Å². The Morgan fingerprint density at radius 1 is 0.286 bits per heavy atom. The van der Waals surface area contributed by atoms with Crippen LogP contribution in [-0.2, 0) is 0 Å². The zero-order chi connectivity index (χ0) is 30.4. The molecule has 0 spiro atoms. The van der Waals surface area contributed by atoms with Crippen LogP contribution in [0.15, 0.2) is 36.0 Å². The highest BCUT2D eigenvalue weighted by molar-refractivity contribution is 5.30. The van der Waals surface area contributed by atoms with E-state index in [0.717, 1.165) is 0 Å². The van der Waals surface area contributed by atoms with Crippen LogP contribution in [0.25, 0.3) is 0 Å². The summed E-state index contributed by atoms with van der Waals surface area (Å²) in [6.45, 7) is 6.92. The van der Waals surface area contributed by atoms with Crippen LogP contribution in [0.3, 0.4) is 0 Å². The third-order valence-electron chi connectivity index (χ3n) is 9.01. The minimum Gasteiger partial charge on any atom is -0.0840 e. The molecule has 0 unspecified atom stereocenters. The van der Waals surface area contributed by atoms with Crippen LogP contribution < -0.4 is 0 Å². The third kappa shape index (κ3) is 35.4. The highest BCUT2D eigenvalue weighted by atomic mass is 14.0. The first-order valence-electron chi connectivity index (χ1n) is 19.9. The summed E-state index contributed by atoms with van der Waals surface area (Å²) in [7, 11) is 0. The summed E-state index contributed by atoms with van der Waals surface area (Å²) in [5.41, 5.74) is 1.46. The molecule has 0 atom stereocenters. The first-order chi connectivity index (χ1) is 20.8. The van der Waals surface area contributed by atoms with Crippen molar-refractivity contribution in [1.82, 2.24) is 0 Å². The average molecular weight is 585 g/mol. The molecule has 0 aromatic rings. The molecule has 0 radical (unpaired) electrons. The minimum absolute atomic E-state index is 1.25. The van der Waals surface area contributed by atoms with Gasteiger partial charge >= 0.3 is 0 Å². The highest BCUT2D eigenvalue weighted by Gasteiger charge is 1.96. The fraction of sp³-hybridized carbons (Fsp3) is 0.857. The molecule has 0 N–H and O–H groups in total. The third-order valence-corrected chi connectivity index (χ3v) is 9.01. The van der Waals surface area contributed by atoms with Crippen molar-refractivity contribution in [3.8, 4) is 0 Å². The molecule has 0 heteroatoms.